The SMILES string of the molecule is Cc1sc(Br)cc1S(=O)(=O)NC1CCOC1. The monoisotopic (exact) mass is 325 g/mol. The van der Waals surface area contributed by atoms with Crippen LogP contribution in [-0.4, -0.2) is 27.7 Å². The Kier molecular flexibility index (Phi) is 3.70. The van der Waals surface area contributed by atoms with E-state index in [1.807, 2.05) is 0 Å². The molecule has 1 N–H and O–H groups in total. The maximum absolute atomic E-state index is 12.0. The first-order valence-electron chi connectivity index (χ1n) is 4.85. The number of thiophene rings is 1. The van der Waals surface area contributed by atoms with Gasteiger partial charge in [0, 0.05) is 17.5 Å². The van der Waals surface area contributed by atoms with Gasteiger partial charge in [0.05, 0.1) is 15.3 Å². The van der Waals surface area contributed by atoms with E-state index < -0.39 is 10.0 Å². The molecule has 0 bridgehead atoms. The van der Waals surface area contributed by atoms with Gasteiger partial charge in [-0.25, -0.2) is 13.1 Å². The Labute approximate surface area is 107 Å². The van der Waals surface area contributed by atoms with Crippen LogP contribution < -0.4 is 4.72 Å². The number of aryl methyl sites for hydroxylation is 1. The number of hydrogen-bond acceptors (Lipinski definition) is 4. The number of halogens is 1. The minimum absolute atomic E-state index is 0.0944. The molecule has 1 aliphatic heterocycles. The van der Waals surface area contributed by atoms with E-state index in [0.29, 0.717) is 18.1 Å². The molecule has 7 heteroatoms. The van der Waals surface area contributed by atoms with Crippen molar-refractivity contribution in [2.24, 2.45) is 0 Å². The van der Waals surface area contributed by atoms with Gasteiger partial charge in [0.25, 0.3) is 0 Å². The Hall–Kier alpha value is 0.0500. The van der Waals surface area contributed by atoms with Crippen LogP contribution in [0.1, 0.15) is 11.3 Å². The summed E-state index contributed by atoms with van der Waals surface area (Å²) in [5.41, 5.74) is 0. The molecule has 1 aromatic rings. The molecule has 1 unspecified atom stereocenters. The van der Waals surface area contributed by atoms with E-state index in [-0.39, 0.29) is 6.04 Å². The predicted molar refractivity (Wildman–Crippen MR) is 66.3 cm³/mol. The minimum Gasteiger partial charge on any atom is -0.380 e. The predicted octanol–water partition coefficient (Wildman–Crippen LogP) is 1.89. The van der Waals surface area contributed by atoms with Gasteiger partial charge in [0.1, 0.15) is 0 Å². The van der Waals surface area contributed by atoms with Gasteiger partial charge in [-0.05, 0) is 35.3 Å². The molecule has 0 aliphatic carbocycles. The first-order valence-corrected chi connectivity index (χ1v) is 7.94. The average Bonchev–Trinajstić information content (AvgIpc) is 2.75. The highest BCUT2D eigenvalue weighted by atomic mass is 79.9. The highest BCUT2D eigenvalue weighted by molar-refractivity contribution is 9.11. The van der Waals surface area contributed by atoms with Crippen LogP contribution in [0.25, 0.3) is 0 Å². The average molecular weight is 326 g/mol. The molecule has 0 radical (unpaired) electrons. The number of rotatable bonds is 3. The molecule has 1 aromatic heterocycles. The fraction of sp³-hybridized carbons (Fsp3) is 0.556. The van der Waals surface area contributed by atoms with Crippen LogP contribution in [-0.2, 0) is 14.8 Å². The van der Waals surface area contributed by atoms with E-state index in [2.05, 4.69) is 20.7 Å². The summed E-state index contributed by atoms with van der Waals surface area (Å²) in [5, 5.41) is 0. The van der Waals surface area contributed by atoms with E-state index in [0.717, 1.165) is 15.1 Å². The summed E-state index contributed by atoms with van der Waals surface area (Å²) in [4.78, 5) is 1.15. The summed E-state index contributed by atoms with van der Waals surface area (Å²) in [6, 6.07) is 1.54. The molecule has 2 rings (SSSR count). The van der Waals surface area contributed by atoms with Crippen LogP contribution in [0.4, 0.5) is 0 Å². The van der Waals surface area contributed by atoms with E-state index in [4.69, 9.17) is 4.74 Å². The van der Waals surface area contributed by atoms with Crippen molar-refractivity contribution in [3.8, 4) is 0 Å². The summed E-state index contributed by atoms with van der Waals surface area (Å²) in [5.74, 6) is 0. The van der Waals surface area contributed by atoms with Gasteiger partial charge in [0.2, 0.25) is 10.0 Å². The third-order valence-corrected chi connectivity index (χ3v) is 5.71. The quantitative estimate of drug-likeness (QED) is 0.923. The molecule has 16 heavy (non-hydrogen) atoms. The molecule has 1 atom stereocenters. The minimum atomic E-state index is -3.40. The Morgan fingerprint density at radius 2 is 2.38 bits per heavy atom. The molecule has 90 valence electrons. The van der Waals surface area contributed by atoms with Crippen molar-refractivity contribution in [3.05, 3.63) is 14.7 Å². The van der Waals surface area contributed by atoms with Crippen molar-refractivity contribution in [1.82, 2.24) is 4.72 Å². The second kappa shape index (κ2) is 4.73. The normalized spacial score (nSPS) is 21.5. The van der Waals surface area contributed by atoms with Gasteiger partial charge >= 0.3 is 0 Å². The molecule has 1 saturated heterocycles. The Morgan fingerprint density at radius 3 is 2.88 bits per heavy atom. The summed E-state index contributed by atoms with van der Waals surface area (Å²) in [6.07, 6.45) is 0.740. The molecule has 0 amide bonds. The highest BCUT2D eigenvalue weighted by Gasteiger charge is 2.25. The fourth-order valence-corrected chi connectivity index (χ4v) is 5.28. The smallest absolute Gasteiger partial charge is 0.242 e. The Morgan fingerprint density at radius 1 is 1.62 bits per heavy atom. The number of hydrogen-bond donors (Lipinski definition) is 1. The fourth-order valence-electron chi connectivity index (χ4n) is 1.61. The number of ether oxygens (including phenoxy) is 1. The van der Waals surface area contributed by atoms with Crippen LogP contribution in [0.15, 0.2) is 14.7 Å². The first kappa shape index (κ1) is 12.5. The van der Waals surface area contributed by atoms with Crippen molar-refractivity contribution < 1.29 is 13.2 Å². The van der Waals surface area contributed by atoms with E-state index in [1.165, 1.54) is 11.3 Å². The van der Waals surface area contributed by atoms with Gasteiger partial charge < -0.3 is 4.74 Å². The van der Waals surface area contributed by atoms with Gasteiger partial charge in [-0.15, -0.1) is 11.3 Å². The zero-order chi connectivity index (χ0) is 11.8. The molecule has 4 nitrogen and oxygen atoms in total. The van der Waals surface area contributed by atoms with Crippen molar-refractivity contribution in [1.29, 1.82) is 0 Å². The lowest BCUT2D eigenvalue weighted by atomic mass is 10.3. The second-order valence-corrected chi connectivity index (χ2v) is 7.97. The largest absolute Gasteiger partial charge is 0.380 e. The van der Waals surface area contributed by atoms with Gasteiger partial charge in [-0.2, -0.15) is 0 Å². The molecule has 0 aromatic carbocycles. The summed E-state index contributed by atoms with van der Waals surface area (Å²) >= 11 is 4.71. The second-order valence-electron chi connectivity index (χ2n) is 3.65. The lowest BCUT2D eigenvalue weighted by Crippen LogP contribution is -2.35. The van der Waals surface area contributed by atoms with Gasteiger partial charge in [-0.1, -0.05) is 0 Å². The topological polar surface area (TPSA) is 55.4 Å². The van der Waals surface area contributed by atoms with Crippen molar-refractivity contribution in [2.75, 3.05) is 13.2 Å². The standard InChI is InChI=1S/C9H12BrNO3S2/c1-6-8(4-9(10)15-6)16(12,13)11-7-2-3-14-5-7/h4,7,11H,2-3,5H2,1H3. The van der Waals surface area contributed by atoms with Crippen LogP contribution >= 0.6 is 27.3 Å². The third kappa shape index (κ3) is 2.65. The first-order chi connectivity index (χ1) is 7.49. The van der Waals surface area contributed by atoms with Gasteiger partial charge in [0.15, 0.2) is 0 Å². The summed E-state index contributed by atoms with van der Waals surface area (Å²) < 4.78 is 32.7. The van der Waals surface area contributed by atoms with Crippen molar-refractivity contribution in [2.45, 2.75) is 24.3 Å². The molecular weight excluding hydrogens is 314 g/mol. The van der Waals surface area contributed by atoms with Gasteiger partial charge in [-0.3, -0.25) is 0 Å². The lowest BCUT2D eigenvalue weighted by molar-refractivity contribution is 0.192. The third-order valence-electron chi connectivity index (χ3n) is 2.38. The summed E-state index contributed by atoms with van der Waals surface area (Å²) in [6.45, 7) is 2.89. The molecule has 0 spiro atoms. The number of sulfonamides is 1. The van der Waals surface area contributed by atoms with Crippen LogP contribution in [0.3, 0.4) is 0 Å². The van der Waals surface area contributed by atoms with E-state index >= 15 is 0 Å². The maximum atomic E-state index is 12.0. The Balaban J connectivity index is 2.21. The molecule has 2 heterocycles. The van der Waals surface area contributed by atoms with Crippen LogP contribution in [0.5, 0.6) is 0 Å². The van der Waals surface area contributed by atoms with Crippen molar-refractivity contribution in [3.63, 3.8) is 0 Å². The zero-order valence-electron chi connectivity index (χ0n) is 8.70. The lowest BCUT2D eigenvalue weighted by Gasteiger charge is -2.10. The van der Waals surface area contributed by atoms with E-state index in [9.17, 15) is 8.42 Å². The molecular formula is C9H12BrNO3S2. The van der Waals surface area contributed by atoms with E-state index in [1.54, 1.807) is 13.0 Å². The highest BCUT2D eigenvalue weighted by Crippen LogP contribution is 2.29. The molecule has 0 saturated carbocycles. The maximum Gasteiger partial charge on any atom is 0.242 e. The van der Waals surface area contributed by atoms with Crippen LogP contribution in [0, 0.1) is 6.92 Å². The number of nitrogens with one attached hydrogen (secondary N) is 1. The zero-order valence-corrected chi connectivity index (χ0v) is 11.9. The van der Waals surface area contributed by atoms with Crippen molar-refractivity contribution >= 4 is 37.3 Å². The summed E-state index contributed by atoms with van der Waals surface area (Å²) in [7, 11) is -3.40. The molecule has 1 fully saturated rings. The molecule has 1 aliphatic rings. The van der Waals surface area contributed by atoms with Crippen LogP contribution in [0.2, 0.25) is 0 Å². The Bertz CT molecular complexity index is 477.